The number of hydrogen-bond acceptors (Lipinski definition) is 4. The van der Waals surface area contributed by atoms with E-state index in [0.29, 0.717) is 6.04 Å². The summed E-state index contributed by atoms with van der Waals surface area (Å²) < 4.78 is 13.0. The molecule has 0 amide bonds. The number of nitrogens with one attached hydrogen (secondary N) is 1. The second-order valence-electron chi connectivity index (χ2n) is 8.70. The van der Waals surface area contributed by atoms with E-state index in [1.54, 1.807) is 0 Å². The van der Waals surface area contributed by atoms with Gasteiger partial charge >= 0.3 is 0 Å². The molecule has 2 heterocycles. The molecule has 4 heteroatoms. The van der Waals surface area contributed by atoms with E-state index >= 15 is 0 Å². The zero-order valence-corrected chi connectivity index (χ0v) is 15.1. The number of rotatable bonds is 2. The molecule has 5 atom stereocenters. The van der Waals surface area contributed by atoms with Gasteiger partial charge in [0.1, 0.15) is 18.4 Å². The lowest BCUT2D eigenvalue weighted by molar-refractivity contribution is 0.00732. The molecule has 7 rings (SSSR count). The van der Waals surface area contributed by atoms with Crippen LogP contribution in [0.4, 0.5) is 0 Å². The third-order valence-electron chi connectivity index (χ3n) is 7.21. The second kappa shape index (κ2) is 5.00. The van der Waals surface area contributed by atoms with E-state index in [-0.39, 0.29) is 29.9 Å². The molecular formula is C23H22N2O2. The van der Waals surface area contributed by atoms with Gasteiger partial charge in [0.15, 0.2) is 5.90 Å². The maximum absolute atomic E-state index is 6.53. The molecule has 2 aliphatic heterocycles. The smallest absolute Gasteiger partial charge is 0.194 e. The van der Waals surface area contributed by atoms with Gasteiger partial charge in [0.2, 0.25) is 0 Å². The molecule has 136 valence electrons. The van der Waals surface area contributed by atoms with Crippen LogP contribution < -0.4 is 5.32 Å². The fourth-order valence-electron chi connectivity index (χ4n) is 5.61. The Balaban J connectivity index is 1.18. The molecule has 27 heavy (non-hydrogen) atoms. The van der Waals surface area contributed by atoms with E-state index in [9.17, 15) is 0 Å². The summed E-state index contributed by atoms with van der Waals surface area (Å²) in [4.78, 5) is 5.08. The Morgan fingerprint density at radius 2 is 1.59 bits per heavy atom. The largest absolute Gasteiger partial charge is 0.474 e. The highest BCUT2D eigenvalue weighted by atomic mass is 16.5. The van der Waals surface area contributed by atoms with Gasteiger partial charge in [0, 0.05) is 12.8 Å². The van der Waals surface area contributed by atoms with Crippen LogP contribution in [0.3, 0.4) is 0 Å². The van der Waals surface area contributed by atoms with Crippen molar-refractivity contribution in [2.75, 3.05) is 0 Å². The summed E-state index contributed by atoms with van der Waals surface area (Å²) in [6.07, 6.45) is 4.63. The summed E-state index contributed by atoms with van der Waals surface area (Å²) >= 11 is 0. The van der Waals surface area contributed by atoms with E-state index in [1.807, 2.05) is 0 Å². The van der Waals surface area contributed by atoms with Crippen LogP contribution in [0.2, 0.25) is 0 Å². The van der Waals surface area contributed by atoms with Crippen LogP contribution in [0.15, 0.2) is 53.5 Å². The third-order valence-corrected chi connectivity index (χ3v) is 7.21. The first-order valence-electron chi connectivity index (χ1n) is 10.1. The fraction of sp³-hybridized carbons (Fsp3) is 0.435. The van der Waals surface area contributed by atoms with Crippen LogP contribution in [0, 0.1) is 5.41 Å². The van der Waals surface area contributed by atoms with Crippen LogP contribution in [-0.2, 0) is 22.3 Å². The quantitative estimate of drug-likeness (QED) is 0.894. The van der Waals surface area contributed by atoms with Crippen molar-refractivity contribution < 1.29 is 9.47 Å². The minimum absolute atomic E-state index is 0.0219. The van der Waals surface area contributed by atoms with E-state index in [2.05, 4.69) is 53.8 Å². The molecule has 4 nitrogen and oxygen atoms in total. The molecule has 2 fully saturated rings. The maximum atomic E-state index is 6.53. The lowest BCUT2D eigenvalue weighted by Gasteiger charge is -2.24. The zero-order chi connectivity index (χ0) is 17.6. The topological polar surface area (TPSA) is 42.8 Å². The van der Waals surface area contributed by atoms with Gasteiger partial charge in [-0.25, -0.2) is 4.99 Å². The Bertz CT molecular complexity index is 980. The molecule has 1 saturated carbocycles. The van der Waals surface area contributed by atoms with Crippen LogP contribution in [0.25, 0.3) is 0 Å². The number of ether oxygens (including phenoxy) is 2. The summed E-state index contributed by atoms with van der Waals surface area (Å²) in [6, 6.07) is 17.8. The predicted molar refractivity (Wildman–Crippen MR) is 102 cm³/mol. The number of aliphatic imine (C=N–C) groups is 1. The molecule has 1 N–H and O–H groups in total. The Morgan fingerprint density at radius 3 is 2.41 bits per heavy atom. The average Bonchev–Trinajstić information content (AvgIpc) is 2.99. The molecule has 3 aliphatic carbocycles. The van der Waals surface area contributed by atoms with Crippen molar-refractivity contribution in [2.24, 2.45) is 10.4 Å². The molecule has 0 aromatic heterocycles. The van der Waals surface area contributed by atoms with E-state index in [0.717, 1.165) is 31.6 Å². The van der Waals surface area contributed by atoms with Gasteiger partial charge in [-0.05, 0) is 35.1 Å². The normalized spacial score (nSPS) is 36.4. The highest BCUT2D eigenvalue weighted by Crippen LogP contribution is 2.57. The van der Waals surface area contributed by atoms with Gasteiger partial charge in [-0.2, -0.15) is 0 Å². The summed E-state index contributed by atoms with van der Waals surface area (Å²) in [5.74, 6) is 0.942. The molecule has 0 bridgehead atoms. The molecule has 0 radical (unpaired) electrons. The van der Waals surface area contributed by atoms with Crippen LogP contribution in [-0.4, -0.2) is 24.3 Å². The Morgan fingerprint density at radius 1 is 0.889 bits per heavy atom. The molecular weight excluding hydrogens is 336 g/mol. The number of hydrogen-bond donors (Lipinski definition) is 1. The van der Waals surface area contributed by atoms with Crippen molar-refractivity contribution in [3.8, 4) is 0 Å². The van der Waals surface area contributed by atoms with Crippen molar-refractivity contribution in [3.05, 3.63) is 70.8 Å². The zero-order valence-electron chi connectivity index (χ0n) is 15.1. The Kier molecular flexibility index (Phi) is 2.75. The first kappa shape index (κ1) is 14.8. The summed E-state index contributed by atoms with van der Waals surface area (Å²) in [5.41, 5.74) is 5.50. The maximum Gasteiger partial charge on any atom is 0.194 e. The van der Waals surface area contributed by atoms with Crippen molar-refractivity contribution in [3.63, 3.8) is 0 Å². The lowest BCUT2D eigenvalue weighted by atomic mass is 10.0. The van der Waals surface area contributed by atoms with Crippen molar-refractivity contribution in [1.82, 2.24) is 5.32 Å². The average molecular weight is 358 g/mol. The van der Waals surface area contributed by atoms with Crippen LogP contribution >= 0.6 is 0 Å². The minimum Gasteiger partial charge on any atom is -0.474 e. The second-order valence-corrected chi connectivity index (χ2v) is 8.70. The van der Waals surface area contributed by atoms with E-state index < -0.39 is 0 Å². The van der Waals surface area contributed by atoms with Crippen LogP contribution in [0.5, 0.6) is 0 Å². The minimum atomic E-state index is -0.0570. The standard InChI is InChI=1S/C23H22N2O2/c1-3-7-15-13(5-1)11-17-19(15)24-21(26-17)23(9-10-23)22-25-20-16-8-4-2-6-14(16)12-18(20)27-22/h1-8,17-21,24H,9-12H2/t17-,18-,19+,20+,21?/m0/s1. The number of benzene rings is 2. The van der Waals surface area contributed by atoms with Gasteiger partial charge in [0.05, 0.1) is 17.6 Å². The SMILES string of the molecule is c1ccc2c(c1)C[C@@H]1OC(C3(C4N[C@@H]5c6ccccc6C[C@@H]5O4)CC3)=N[C@H]21. The number of fused-ring (bicyclic) bond motifs is 6. The van der Waals surface area contributed by atoms with Crippen LogP contribution in [0.1, 0.15) is 47.2 Å². The van der Waals surface area contributed by atoms with E-state index in [1.165, 1.54) is 22.3 Å². The van der Waals surface area contributed by atoms with Crippen molar-refractivity contribution >= 4 is 5.90 Å². The van der Waals surface area contributed by atoms with Gasteiger partial charge in [-0.3, -0.25) is 5.32 Å². The van der Waals surface area contributed by atoms with Crippen molar-refractivity contribution in [2.45, 2.75) is 56.2 Å². The van der Waals surface area contributed by atoms with Gasteiger partial charge in [-0.15, -0.1) is 0 Å². The predicted octanol–water partition coefficient (Wildman–Crippen LogP) is 3.47. The Labute approximate surface area is 158 Å². The first-order chi connectivity index (χ1) is 13.3. The molecule has 2 aromatic carbocycles. The summed E-state index contributed by atoms with van der Waals surface area (Å²) in [6.45, 7) is 0. The third kappa shape index (κ3) is 1.92. The lowest BCUT2D eigenvalue weighted by Crippen LogP contribution is -2.40. The highest BCUT2D eigenvalue weighted by Gasteiger charge is 2.62. The Hall–Kier alpha value is -2.17. The van der Waals surface area contributed by atoms with Gasteiger partial charge < -0.3 is 9.47 Å². The first-order valence-corrected chi connectivity index (χ1v) is 10.1. The summed E-state index contributed by atoms with van der Waals surface area (Å²) in [5, 5.41) is 3.79. The monoisotopic (exact) mass is 358 g/mol. The summed E-state index contributed by atoms with van der Waals surface area (Å²) in [7, 11) is 0. The van der Waals surface area contributed by atoms with Gasteiger partial charge in [-0.1, -0.05) is 48.5 Å². The fourth-order valence-corrected chi connectivity index (χ4v) is 5.61. The molecule has 1 unspecified atom stereocenters. The van der Waals surface area contributed by atoms with Crippen molar-refractivity contribution in [1.29, 1.82) is 0 Å². The van der Waals surface area contributed by atoms with E-state index in [4.69, 9.17) is 14.5 Å². The molecule has 2 aromatic rings. The molecule has 5 aliphatic rings. The molecule has 1 saturated heterocycles. The van der Waals surface area contributed by atoms with Gasteiger partial charge in [0.25, 0.3) is 0 Å². The highest BCUT2D eigenvalue weighted by molar-refractivity contribution is 5.88. The number of nitrogens with zero attached hydrogens (tertiary/aromatic N) is 1. The molecule has 0 spiro atoms.